The van der Waals surface area contributed by atoms with Crippen LogP contribution >= 0.6 is 27.3 Å². The van der Waals surface area contributed by atoms with Gasteiger partial charge in [0.15, 0.2) is 0 Å². The Morgan fingerprint density at radius 2 is 2.25 bits per heavy atom. The molecule has 0 aliphatic heterocycles. The first kappa shape index (κ1) is 13.2. The maximum Gasteiger partial charge on any atom is 0.306 e. The zero-order valence-corrected chi connectivity index (χ0v) is 11.1. The van der Waals surface area contributed by atoms with E-state index >= 15 is 0 Å². The van der Waals surface area contributed by atoms with Gasteiger partial charge in [-0.2, -0.15) is 0 Å². The highest BCUT2D eigenvalue weighted by atomic mass is 79.9. The van der Waals surface area contributed by atoms with Gasteiger partial charge in [-0.25, -0.2) is 0 Å². The molecule has 0 saturated heterocycles. The maximum absolute atomic E-state index is 11.4. The highest BCUT2D eigenvalue weighted by Gasteiger charge is 2.15. The molecule has 1 atom stereocenters. The summed E-state index contributed by atoms with van der Waals surface area (Å²) >= 11 is 4.87. The Morgan fingerprint density at radius 1 is 1.56 bits per heavy atom. The van der Waals surface area contributed by atoms with E-state index in [-0.39, 0.29) is 12.3 Å². The second-order valence-electron chi connectivity index (χ2n) is 3.43. The molecule has 88 valence electrons. The van der Waals surface area contributed by atoms with E-state index in [9.17, 15) is 9.59 Å². The third-order valence-corrected chi connectivity index (χ3v) is 3.63. The number of aliphatic carboxylic acids is 1. The number of hydrogen-bond acceptors (Lipinski definition) is 3. The van der Waals surface area contributed by atoms with Crippen molar-refractivity contribution in [3.8, 4) is 0 Å². The van der Waals surface area contributed by atoms with E-state index in [2.05, 4.69) is 21.2 Å². The number of thiophene rings is 1. The third-order valence-electron chi connectivity index (χ3n) is 2.00. The summed E-state index contributed by atoms with van der Waals surface area (Å²) in [4.78, 5) is 22.9. The molecule has 2 N–H and O–H groups in total. The largest absolute Gasteiger partial charge is 0.481 e. The molecule has 0 aliphatic rings. The van der Waals surface area contributed by atoms with Gasteiger partial charge in [-0.3, -0.25) is 9.59 Å². The molecule has 1 heterocycles. The first-order chi connectivity index (χ1) is 7.49. The van der Waals surface area contributed by atoms with Gasteiger partial charge in [0.25, 0.3) is 0 Å². The number of amides is 1. The van der Waals surface area contributed by atoms with Crippen LogP contribution in [0.25, 0.3) is 0 Å². The zero-order chi connectivity index (χ0) is 12.1. The molecular formula is C10H12BrNO3S. The van der Waals surface area contributed by atoms with E-state index in [4.69, 9.17) is 5.11 Å². The van der Waals surface area contributed by atoms with Crippen LogP contribution in [-0.2, 0) is 16.1 Å². The van der Waals surface area contributed by atoms with Crippen molar-refractivity contribution in [3.05, 3.63) is 20.8 Å². The van der Waals surface area contributed by atoms with Crippen molar-refractivity contribution in [2.24, 2.45) is 5.92 Å². The van der Waals surface area contributed by atoms with Crippen molar-refractivity contribution < 1.29 is 14.7 Å². The Kier molecular flexibility index (Phi) is 4.95. The van der Waals surface area contributed by atoms with Crippen LogP contribution in [0.3, 0.4) is 0 Å². The summed E-state index contributed by atoms with van der Waals surface area (Å²) in [5, 5.41) is 11.3. The lowest BCUT2D eigenvalue weighted by Crippen LogP contribution is -2.26. The molecule has 4 nitrogen and oxygen atoms in total. The van der Waals surface area contributed by atoms with Crippen LogP contribution in [0.4, 0.5) is 0 Å². The summed E-state index contributed by atoms with van der Waals surface area (Å²) in [5.74, 6) is -1.83. The first-order valence-corrected chi connectivity index (χ1v) is 6.33. The molecule has 1 aromatic rings. The van der Waals surface area contributed by atoms with Gasteiger partial charge in [0.2, 0.25) is 5.91 Å². The van der Waals surface area contributed by atoms with Gasteiger partial charge >= 0.3 is 5.97 Å². The van der Waals surface area contributed by atoms with E-state index in [0.717, 1.165) is 8.66 Å². The minimum absolute atomic E-state index is 0.0158. The monoisotopic (exact) mass is 305 g/mol. The van der Waals surface area contributed by atoms with Crippen LogP contribution in [0.15, 0.2) is 15.9 Å². The molecule has 0 bridgehead atoms. The summed E-state index contributed by atoms with van der Waals surface area (Å²) in [6, 6.07) is 3.82. The number of rotatable bonds is 5. The van der Waals surface area contributed by atoms with E-state index in [1.807, 2.05) is 12.1 Å². The average molecular weight is 306 g/mol. The Hall–Kier alpha value is -0.880. The fraction of sp³-hybridized carbons (Fsp3) is 0.400. The standard InChI is InChI=1S/C10H12BrNO3S/c1-6(10(14)15)4-9(13)12-5-7-2-3-8(11)16-7/h2-3,6H,4-5H2,1H3,(H,12,13)(H,14,15). The number of carbonyl (C=O) groups excluding carboxylic acids is 1. The molecule has 0 saturated carbocycles. The van der Waals surface area contributed by atoms with Crippen molar-refractivity contribution >= 4 is 39.1 Å². The molecular weight excluding hydrogens is 294 g/mol. The minimum atomic E-state index is -0.950. The van der Waals surface area contributed by atoms with Gasteiger partial charge in [-0.05, 0) is 28.1 Å². The van der Waals surface area contributed by atoms with Crippen molar-refractivity contribution in [1.82, 2.24) is 5.32 Å². The van der Waals surface area contributed by atoms with Gasteiger partial charge in [0.1, 0.15) is 0 Å². The lowest BCUT2D eigenvalue weighted by Gasteiger charge is -2.06. The quantitative estimate of drug-likeness (QED) is 0.877. The molecule has 1 rings (SSSR count). The minimum Gasteiger partial charge on any atom is -0.481 e. The van der Waals surface area contributed by atoms with E-state index < -0.39 is 11.9 Å². The topological polar surface area (TPSA) is 66.4 Å². The lowest BCUT2D eigenvalue weighted by atomic mass is 10.1. The number of carbonyl (C=O) groups is 2. The molecule has 6 heteroatoms. The Balaban J connectivity index is 2.33. The number of nitrogens with one attached hydrogen (secondary N) is 1. The molecule has 0 aromatic carbocycles. The Labute approximate surface area is 106 Å². The smallest absolute Gasteiger partial charge is 0.306 e. The van der Waals surface area contributed by atoms with E-state index in [1.165, 1.54) is 6.92 Å². The second-order valence-corrected chi connectivity index (χ2v) is 5.97. The summed E-state index contributed by atoms with van der Waals surface area (Å²) in [5.41, 5.74) is 0. The second kappa shape index (κ2) is 6.00. The lowest BCUT2D eigenvalue weighted by molar-refractivity contribution is -0.143. The summed E-state index contributed by atoms with van der Waals surface area (Å²) in [6.45, 7) is 1.96. The molecule has 1 aromatic heterocycles. The number of carboxylic acids is 1. The van der Waals surface area contributed by atoms with Gasteiger partial charge in [0.05, 0.1) is 16.2 Å². The predicted molar refractivity (Wildman–Crippen MR) is 65.3 cm³/mol. The van der Waals surface area contributed by atoms with Crippen molar-refractivity contribution in [3.63, 3.8) is 0 Å². The van der Waals surface area contributed by atoms with Gasteiger partial charge < -0.3 is 10.4 Å². The fourth-order valence-corrected chi connectivity index (χ4v) is 2.49. The normalized spacial score (nSPS) is 12.1. The van der Waals surface area contributed by atoms with E-state index in [0.29, 0.717) is 6.54 Å². The van der Waals surface area contributed by atoms with Crippen LogP contribution in [-0.4, -0.2) is 17.0 Å². The fourth-order valence-electron chi connectivity index (χ4n) is 1.07. The van der Waals surface area contributed by atoms with Gasteiger partial charge in [-0.15, -0.1) is 11.3 Å². The number of carboxylic acid groups (broad SMARTS) is 1. The van der Waals surface area contributed by atoms with Crippen LogP contribution in [0.2, 0.25) is 0 Å². The zero-order valence-electron chi connectivity index (χ0n) is 8.70. The SMILES string of the molecule is CC(CC(=O)NCc1ccc(Br)s1)C(=O)O. The molecule has 0 aliphatic carbocycles. The van der Waals surface area contributed by atoms with Crippen LogP contribution in [0, 0.1) is 5.92 Å². The Bertz CT molecular complexity index is 391. The van der Waals surface area contributed by atoms with Crippen molar-refractivity contribution in [2.75, 3.05) is 0 Å². The van der Waals surface area contributed by atoms with Crippen LogP contribution < -0.4 is 5.32 Å². The Morgan fingerprint density at radius 3 is 2.75 bits per heavy atom. The highest BCUT2D eigenvalue weighted by Crippen LogP contribution is 2.21. The highest BCUT2D eigenvalue weighted by molar-refractivity contribution is 9.11. The molecule has 0 spiro atoms. The molecule has 16 heavy (non-hydrogen) atoms. The van der Waals surface area contributed by atoms with Gasteiger partial charge in [-0.1, -0.05) is 6.92 Å². The van der Waals surface area contributed by atoms with Gasteiger partial charge in [0, 0.05) is 11.3 Å². The number of hydrogen-bond donors (Lipinski definition) is 2. The maximum atomic E-state index is 11.4. The number of halogens is 1. The molecule has 0 fully saturated rings. The summed E-state index contributed by atoms with van der Waals surface area (Å²) in [7, 11) is 0. The van der Waals surface area contributed by atoms with Crippen molar-refractivity contribution in [1.29, 1.82) is 0 Å². The van der Waals surface area contributed by atoms with Crippen molar-refractivity contribution in [2.45, 2.75) is 19.9 Å². The first-order valence-electron chi connectivity index (χ1n) is 4.72. The van der Waals surface area contributed by atoms with E-state index in [1.54, 1.807) is 11.3 Å². The molecule has 0 radical (unpaired) electrons. The third kappa shape index (κ3) is 4.32. The summed E-state index contributed by atoms with van der Waals surface area (Å²) < 4.78 is 1.01. The summed E-state index contributed by atoms with van der Waals surface area (Å²) in [6.07, 6.45) is 0.0158. The van der Waals surface area contributed by atoms with Crippen LogP contribution in [0.1, 0.15) is 18.2 Å². The molecule has 1 unspecified atom stereocenters. The molecule has 1 amide bonds. The predicted octanol–water partition coefficient (Wildman–Crippen LogP) is 2.24. The van der Waals surface area contributed by atoms with Crippen LogP contribution in [0.5, 0.6) is 0 Å². The average Bonchev–Trinajstić information content (AvgIpc) is 2.61.